The van der Waals surface area contributed by atoms with Gasteiger partial charge in [-0.2, -0.15) is 13.5 Å². The molecule has 2 atom stereocenters. The van der Waals surface area contributed by atoms with Crippen LogP contribution in [0.5, 0.6) is 0 Å². The molecule has 2 aliphatic rings. The van der Waals surface area contributed by atoms with Gasteiger partial charge in [0.05, 0.1) is 12.1 Å². The predicted molar refractivity (Wildman–Crippen MR) is 137 cm³/mol. The summed E-state index contributed by atoms with van der Waals surface area (Å²) in [4.78, 5) is 42.8. The summed E-state index contributed by atoms with van der Waals surface area (Å²) in [6.07, 6.45) is -0.383. The first-order valence-electron chi connectivity index (χ1n) is 12.0. The van der Waals surface area contributed by atoms with E-state index < -0.39 is 51.9 Å². The summed E-state index contributed by atoms with van der Waals surface area (Å²) in [5.74, 6) is -0.164. The van der Waals surface area contributed by atoms with Gasteiger partial charge in [-0.3, -0.25) is 20.2 Å². The van der Waals surface area contributed by atoms with Crippen LogP contribution in [0.15, 0.2) is 4.99 Å². The van der Waals surface area contributed by atoms with Crippen LogP contribution in [0.25, 0.3) is 0 Å². The van der Waals surface area contributed by atoms with Gasteiger partial charge < -0.3 is 14.4 Å². The van der Waals surface area contributed by atoms with Gasteiger partial charge in [-0.05, 0) is 54.4 Å². The van der Waals surface area contributed by atoms with Crippen LogP contribution in [-0.4, -0.2) is 87.6 Å². The van der Waals surface area contributed by atoms with Crippen LogP contribution >= 0.6 is 11.3 Å². The van der Waals surface area contributed by atoms with Crippen LogP contribution in [0.2, 0.25) is 0 Å². The minimum Gasteiger partial charge on any atom is -0.444 e. The molecule has 3 N–H and O–H groups in total. The number of aromatic nitrogens is 2. The van der Waals surface area contributed by atoms with Crippen molar-refractivity contribution in [1.29, 1.82) is 0 Å². The number of nitrogens with one attached hydrogen (secondary N) is 2. The molecule has 39 heavy (non-hydrogen) atoms. The number of carbonyl (C=O) groups is 3. The van der Waals surface area contributed by atoms with Crippen LogP contribution in [-0.2, 0) is 30.6 Å². The summed E-state index contributed by atoms with van der Waals surface area (Å²) in [5.41, 5.74) is -1.54. The van der Waals surface area contributed by atoms with E-state index in [1.807, 2.05) is 0 Å². The second kappa shape index (κ2) is 11.6. The molecule has 2 saturated heterocycles. The lowest BCUT2D eigenvalue weighted by atomic mass is 10.0. The lowest BCUT2D eigenvalue weighted by Gasteiger charge is -2.28. The summed E-state index contributed by atoms with van der Waals surface area (Å²) in [6, 6.07) is -1.63. The number of hydrogen-bond donors (Lipinski definition) is 3. The molecule has 1 aromatic heterocycles. The van der Waals surface area contributed by atoms with Crippen molar-refractivity contribution in [2.45, 2.75) is 84.1 Å². The number of piperidine rings is 1. The van der Waals surface area contributed by atoms with E-state index in [9.17, 15) is 22.8 Å². The van der Waals surface area contributed by atoms with Gasteiger partial charge in [0.25, 0.3) is 0 Å². The number of ether oxygens (including phenoxy) is 2. The predicted octanol–water partition coefficient (Wildman–Crippen LogP) is 2.16. The Morgan fingerprint density at radius 1 is 1.08 bits per heavy atom. The lowest BCUT2D eigenvalue weighted by molar-refractivity contribution is -0.0317. The number of guanidine groups is 1. The third-order valence-corrected chi connectivity index (χ3v) is 6.53. The lowest BCUT2D eigenvalue weighted by Crippen LogP contribution is -2.47. The number of amides is 4. The Hall–Kier alpha value is -3.09. The van der Waals surface area contributed by atoms with Crippen molar-refractivity contribution >= 4 is 45.9 Å². The summed E-state index contributed by atoms with van der Waals surface area (Å²) in [5, 5.41) is 14.9. The van der Waals surface area contributed by atoms with Gasteiger partial charge in [-0.15, -0.1) is 14.5 Å². The number of alkyl carbamates (subject to hydrolysis) is 2. The van der Waals surface area contributed by atoms with Gasteiger partial charge in [0.1, 0.15) is 21.2 Å². The molecular weight excluding hydrogens is 558 g/mol. The summed E-state index contributed by atoms with van der Waals surface area (Å²) >= 11 is 1.25. The van der Waals surface area contributed by atoms with Crippen LogP contribution in [0.1, 0.15) is 70.4 Å². The summed E-state index contributed by atoms with van der Waals surface area (Å²) in [6.45, 7) is 10.5. The molecule has 0 aliphatic carbocycles. The first kappa shape index (κ1) is 30.5. The SMILES string of the molecule is CC(C)(C)OC(=O)NC(=NCCc1nnc(C2CCC3CN2C(=O)N3OS(=O)(=O)O)s1)NC(=O)OC(C)(C)C. The minimum absolute atomic E-state index is 0.112. The van der Waals surface area contributed by atoms with Crippen molar-refractivity contribution in [1.82, 2.24) is 30.8 Å². The highest BCUT2D eigenvalue weighted by molar-refractivity contribution is 7.80. The Labute approximate surface area is 230 Å². The average Bonchev–Trinajstić information content (AvgIpc) is 3.29. The number of urea groups is 1. The van der Waals surface area contributed by atoms with Gasteiger partial charge in [0, 0.05) is 19.5 Å². The number of fused-ring (bicyclic) bond motifs is 2. The number of aliphatic imine (C=N–C) groups is 1. The Morgan fingerprint density at radius 3 is 2.21 bits per heavy atom. The van der Waals surface area contributed by atoms with Gasteiger partial charge >= 0.3 is 28.6 Å². The zero-order chi connectivity index (χ0) is 29.2. The molecule has 0 aromatic carbocycles. The molecule has 3 heterocycles. The Kier molecular flexibility index (Phi) is 9.03. The Morgan fingerprint density at radius 2 is 1.67 bits per heavy atom. The molecule has 4 amide bonds. The maximum Gasteiger partial charge on any atom is 0.418 e. The Balaban J connectivity index is 1.64. The normalized spacial score (nSPS) is 19.5. The van der Waals surface area contributed by atoms with E-state index in [1.165, 1.54) is 16.2 Å². The molecule has 218 valence electrons. The molecule has 0 saturated carbocycles. The molecule has 0 spiro atoms. The summed E-state index contributed by atoms with van der Waals surface area (Å²) in [7, 11) is -4.84. The summed E-state index contributed by atoms with van der Waals surface area (Å²) < 4.78 is 46.0. The van der Waals surface area contributed by atoms with E-state index in [0.717, 1.165) is 0 Å². The van der Waals surface area contributed by atoms with E-state index in [1.54, 1.807) is 41.5 Å². The van der Waals surface area contributed by atoms with Crippen LogP contribution in [0, 0.1) is 0 Å². The number of hydrogen-bond acceptors (Lipinski definition) is 12. The third-order valence-electron chi connectivity index (χ3n) is 5.10. The molecule has 2 bridgehead atoms. The van der Waals surface area contributed by atoms with Crippen molar-refractivity contribution < 1.29 is 41.1 Å². The molecular formula is C21H33N7O9S2. The van der Waals surface area contributed by atoms with Crippen molar-refractivity contribution in [3.63, 3.8) is 0 Å². The molecule has 16 nitrogen and oxygen atoms in total. The fourth-order valence-corrected chi connectivity index (χ4v) is 5.13. The van der Waals surface area contributed by atoms with Gasteiger partial charge in [-0.1, -0.05) is 11.3 Å². The van der Waals surface area contributed by atoms with Crippen molar-refractivity contribution in [3.05, 3.63) is 10.0 Å². The standard InChI is InChI=1S/C21H33N7O9S2/c1-20(2,3)35-17(29)23-16(24-18(30)36-21(4,5)6)22-10-9-14-25-26-15(38-14)13-8-7-12-11-27(13)19(31)28(12)37-39(32,33)34/h12-13H,7-11H2,1-6H3,(H,32,33,34)(H2,22,23,24,29,30). The van der Waals surface area contributed by atoms with Gasteiger partial charge in [0.2, 0.25) is 5.96 Å². The molecule has 1 aromatic rings. The zero-order valence-electron chi connectivity index (χ0n) is 22.5. The van der Waals surface area contributed by atoms with Crippen LogP contribution in [0.3, 0.4) is 0 Å². The monoisotopic (exact) mass is 591 g/mol. The third kappa shape index (κ3) is 9.26. The largest absolute Gasteiger partial charge is 0.444 e. The number of rotatable bonds is 6. The van der Waals surface area contributed by atoms with E-state index >= 15 is 0 Å². The fraction of sp³-hybridized carbons (Fsp3) is 0.714. The molecule has 0 radical (unpaired) electrons. The quantitative estimate of drug-likeness (QED) is 0.248. The number of carbonyl (C=O) groups excluding carboxylic acids is 3. The highest BCUT2D eigenvalue weighted by Gasteiger charge is 2.48. The van der Waals surface area contributed by atoms with Crippen LogP contribution in [0.4, 0.5) is 14.4 Å². The van der Waals surface area contributed by atoms with E-state index in [-0.39, 0.29) is 19.0 Å². The number of nitrogens with zero attached hydrogens (tertiary/aromatic N) is 5. The van der Waals surface area contributed by atoms with Gasteiger partial charge in [0.15, 0.2) is 0 Å². The first-order valence-corrected chi connectivity index (χ1v) is 14.2. The second-order valence-corrected chi connectivity index (χ2v) is 12.9. The minimum atomic E-state index is -4.84. The fourth-order valence-electron chi connectivity index (χ4n) is 3.76. The zero-order valence-corrected chi connectivity index (χ0v) is 24.1. The average molecular weight is 592 g/mol. The Bertz CT molecular complexity index is 1190. The molecule has 2 aliphatic heterocycles. The number of hydroxylamine groups is 2. The molecule has 2 unspecified atom stereocenters. The first-order chi connectivity index (χ1) is 17.9. The van der Waals surface area contributed by atoms with Crippen molar-refractivity contribution in [2.24, 2.45) is 4.99 Å². The van der Waals surface area contributed by atoms with Crippen molar-refractivity contribution in [2.75, 3.05) is 13.1 Å². The van der Waals surface area contributed by atoms with Crippen molar-refractivity contribution in [3.8, 4) is 0 Å². The van der Waals surface area contributed by atoms with Gasteiger partial charge in [-0.25, -0.2) is 14.4 Å². The highest BCUT2D eigenvalue weighted by Crippen LogP contribution is 2.39. The smallest absolute Gasteiger partial charge is 0.418 e. The van der Waals surface area contributed by atoms with Crippen LogP contribution < -0.4 is 10.6 Å². The maximum atomic E-state index is 12.7. The topological polar surface area (TPSA) is 202 Å². The van der Waals surface area contributed by atoms with E-state index in [2.05, 4.69) is 30.1 Å². The molecule has 18 heteroatoms. The van der Waals surface area contributed by atoms with E-state index in [0.29, 0.717) is 34.3 Å². The second-order valence-electron chi connectivity index (χ2n) is 10.8. The molecule has 2 fully saturated rings. The van der Waals surface area contributed by atoms with E-state index in [4.69, 9.17) is 14.0 Å². The highest BCUT2D eigenvalue weighted by atomic mass is 32.3. The molecule has 3 rings (SSSR count). The maximum absolute atomic E-state index is 12.7.